The summed E-state index contributed by atoms with van der Waals surface area (Å²) in [6.45, 7) is 1.80. The zero-order valence-corrected chi connectivity index (χ0v) is 14.0. The van der Waals surface area contributed by atoms with E-state index in [0.29, 0.717) is 12.1 Å². The van der Waals surface area contributed by atoms with E-state index in [9.17, 15) is 14.0 Å². The molecule has 2 amide bonds. The molecule has 0 radical (unpaired) electrons. The van der Waals surface area contributed by atoms with Crippen molar-refractivity contribution in [1.82, 2.24) is 5.32 Å². The number of halogens is 1. The predicted octanol–water partition coefficient (Wildman–Crippen LogP) is 2.51. The van der Waals surface area contributed by atoms with Gasteiger partial charge in [0.15, 0.2) is 0 Å². The maximum atomic E-state index is 13.1. The van der Waals surface area contributed by atoms with E-state index in [-0.39, 0.29) is 30.5 Å². The number of rotatable bonds is 7. The predicted molar refractivity (Wildman–Crippen MR) is 93.8 cm³/mol. The number of carbonyl (C=O) groups excluding carboxylic acids is 2. The van der Waals surface area contributed by atoms with E-state index in [1.165, 1.54) is 24.3 Å². The van der Waals surface area contributed by atoms with Gasteiger partial charge in [-0.3, -0.25) is 9.59 Å². The second-order valence-electron chi connectivity index (χ2n) is 5.69. The van der Waals surface area contributed by atoms with Gasteiger partial charge in [-0.25, -0.2) is 4.39 Å². The SMILES string of the molecule is CCC(CO)NC(=O)Cc1ccc(NC(=O)c2cccc(F)c2)cc1. The molecule has 0 heterocycles. The normalized spacial score (nSPS) is 11.6. The van der Waals surface area contributed by atoms with Crippen LogP contribution in [-0.4, -0.2) is 29.6 Å². The van der Waals surface area contributed by atoms with Crippen molar-refractivity contribution in [2.75, 3.05) is 11.9 Å². The number of hydrogen-bond acceptors (Lipinski definition) is 3. The molecular weight excluding hydrogens is 323 g/mol. The Kier molecular flexibility index (Phi) is 6.65. The topological polar surface area (TPSA) is 78.4 Å². The average Bonchev–Trinajstić information content (AvgIpc) is 2.61. The summed E-state index contributed by atoms with van der Waals surface area (Å²) < 4.78 is 13.1. The highest BCUT2D eigenvalue weighted by molar-refractivity contribution is 6.04. The van der Waals surface area contributed by atoms with E-state index in [4.69, 9.17) is 5.11 Å². The molecule has 2 aromatic rings. The largest absolute Gasteiger partial charge is 0.394 e. The molecule has 0 saturated carbocycles. The number of hydrogen-bond donors (Lipinski definition) is 3. The summed E-state index contributed by atoms with van der Waals surface area (Å²) in [4.78, 5) is 23.9. The molecule has 132 valence electrons. The van der Waals surface area contributed by atoms with Gasteiger partial charge in [0.05, 0.1) is 19.1 Å². The maximum Gasteiger partial charge on any atom is 0.255 e. The van der Waals surface area contributed by atoms with Crippen LogP contribution in [0.5, 0.6) is 0 Å². The molecule has 0 bridgehead atoms. The molecule has 0 saturated heterocycles. The van der Waals surface area contributed by atoms with Crippen molar-refractivity contribution in [1.29, 1.82) is 0 Å². The lowest BCUT2D eigenvalue weighted by atomic mass is 10.1. The Morgan fingerprint density at radius 2 is 1.88 bits per heavy atom. The quantitative estimate of drug-likeness (QED) is 0.722. The van der Waals surface area contributed by atoms with Crippen LogP contribution in [0.4, 0.5) is 10.1 Å². The summed E-state index contributed by atoms with van der Waals surface area (Å²) in [5, 5.41) is 14.5. The van der Waals surface area contributed by atoms with Crippen LogP contribution in [0.3, 0.4) is 0 Å². The second kappa shape index (κ2) is 8.94. The van der Waals surface area contributed by atoms with E-state index in [1.807, 2.05) is 6.92 Å². The fourth-order valence-electron chi connectivity index (χ4n) is 2.28. The first-order chi connectivity index (χ1) is 12.0. The smallest absolute Gasteiger partial charge is 0.255 e. The van der Waals surface area contributed by atoms with Gasteiger partial charge in [0, 0.05) is 11.3 Å². The Hall–Kier alpha value is -2.73. The molecule has 1 unspecified atom stereocenters. The number of carbonyl (C=O) groups is 2. The zero-order chi connectivity index (χ0) is 18.2. The van der Waals surface area contributed by atoms with E-state index in [2.05, 4.69) is 10.6 Å². The molecule has 2 aromatic carbocycles. The minimum atomic E-state index is -0.470. The number of aliphatic hydroxyl groups is 1. The van der Waals surface area contributed by atoms with Gasteiger partial charge in [-0.15, -0.1) is 0 Å². The van der Waals surface area contributed by atoms with E-state index >= 15 is 0 Å². The van der Waals surface area contributed by atoms with Gasteiger partial charge in [0.2, 0.25) is 5.91 Å². The minimum absolute atomic E-state index is 0.0900. The van der Waals surface area contributed by atoms with Crippen LogP contribution in [0.1, 0.15) is 29.3 Å². The van der Waals surface area contributed by atoms with Crippen LogP contribution in [-0.2, 0) is 11.2 Å². The highest BCUT2D eigenvalue weighted by Gasteiger charge is 2.10. The van der Waals surface area contributed by atoms with Crippen molar-refractivity contribution in [2.24, 2.45) is 0 Å². The highest BCUT2D eigenvalue weighted by atomic mass is 19.1. The first kappa shape index (κ1) is 18.6. The molecule has 0 aromatic heterocycles. The van der Waals surface area contributed by atoms with Crippen molar-refractivity contribution in [2.45, 2.75) is 25.8 Å². The Bertz CT molecular complexity index is 728. The van der Waals surface area contributed by atoms with Crippen molar-refractivity contribution < 1.29 is 19.1 Å². The third kappa shape index (κ3) is 5.69. The summed E-state index contributed by atoms with van der Waals surface area (Å²) in [5.41, 5.74) is 1.58. The van der Waals surface area contributed by atoms with E-state index < -0.39 is 11.7 Å². The maximum absolute atomic E-state index is 13.1. The molecule has 0 fully saturated rings. The van der Waals surface area contributed by atoms with E-state index in [0.717, 1.165) is 5.56 Å². The second-order valence-corrected chi connectivity index (χ2v) is 5.69. The molecular formula is C19H21FN2O3. The first-order valence-corrected chi connectivity index (χ1v) is 8.08. The van der Waals surface area contributed by atoms with Gasteiger partial charge in [-0.1, -0.05) is 25.1 Å². The van der Waals surface area contributed by atoms with Crippen LogP contribution >= 0.6 is 0 Å². The average molecular weight is 344 g/mol. The van der Waals surface area contributed by atoms with Gasteiger partial charge in [0.25, 0.3) is 5.91 Å². The summed E-state index contributed by atoms with van der Waals surface area (Å²) in [7, 11) is 0. The van der Waals surface area contributed by atoms with Crippen molar-refractivity contribution >= 4 is 17.5 Å². The summed E-state index contributed by atoms with van der Waals surface area (Å²) in [6.07, 6.45) is 0.849. The van der Waals surface area contributed by atoms with Crippen LogP contribution in [0, 0.1) is 5.82 Å². The Morgan fingerprint density at radius 1 is 1.16 bits per heavy atom. The molecule has 0 aliphatic rings. The summed E-state index contributed by atoms with van der Waals surface area (Å²) in [6, 6.07) is 12.0. The third-order valence-corrected chi connectivity index (χ3v) is 3.74. The molecule has 3 N–H and O–H groups in total. The van der Waals surface area contributed by atoms with Crippen LogP contribution in [0.25, 0.3) is 0 Å². The number of anilines is 1. The fraction of sp³-hybridized carbons (Fsp3) is 0.263. The lowest BCUT2D eigenvalue weighted by Crippen LogP contribution is -2.37. The summed E-state index contributed by atoms with van der Waals surface area (Å²) >= 11 is 0. The van der Waals surface area contributed by atoms with E-state index in [1.54, 1.807) is 24.3 Å². The third-order valence-electron chi connectivity index (χ3n) is 3.74. The molecule has 0 aliphatic carbocycles. The molecule has 6 heteroatoms. The van der Waals surface area contributed by atoms with Crippen LogP contribution in [0.2, 0.25) is 0 Å². The molecule has 1 atom stereocenters. The Balaban J connectivity index is 1.93. The van der Waals surface area contributed by atoms with Gasteiger partial charge in [-0.2, -0.15) is 0 Å². The van der Waals surface area contributed by atoms with Crippen LogP contribution in [0.15, 0.2) is 48.5 Å². The molecule has 2 rings (SSSR count). The van der Waals surface area contributed by atoms with Crippen LogP contribution < -0.4 is 10.6 Å². The summed E-state index contributed by atoms with van der Waals surface area (Å²) in [5.74, 6) is -1.04. The lowest BCUT2D eigenvalue weighted by Gasteiger charge is -2.14. The van der Waals surface area contributed by atoms with Gasteiger partial charge in [0.1, 0.15) is 5.82 Å². The highest BCUT2D eigenvalue weighted by Crippen LogP contribution is 2.13. The molecule has 5 nitrogen and oxygen atoms in total. The lowest BCUT2D eigenvalue weighted by molar-refractivity contribution is -0.121. The van der Waals surface area contributed by atoms with Crippen molar-refractivity contribution in [3.8, 4) is 0 Å². The molecule has 0 aliphatic heterocycles. The zero-order valence-electron chi connectivity index (χ0n) is 14.0. The fourth-order valence-corrected chi connectivity index (χ4v) is 2.28. The van der Waals surface area contributed by atoms with Gasteiger partial charge < -0.3 is 15.7 Å². The number of aliphatic hydroxyl groups excluding tert-OH is 1. The van der Waals surface area contributed by atoms with Gasteiger partial charge in [-0.05, 0) is 42.3 Å². The Labute approximate surface area is 145 Å². The first-order valence-electron chi connectivity index (χ1n) is 8.08. The molecule has 25 heavy (non-hydrogen) atoms. The Morgan fingerprint density at radius 3 is 2.48 bits per heavy atom. The standard InChI is InChI=1S/C19H21FN2O3/c1-2-16(12-23)21-18(24)10-13-6-8-17(9-7-13)22-19(25)14-4-3-5-15(20)11-14/h3-9,11,16,23H,2,10,12H2,1H3,(H,21,24)(H,22,25). The molecule has 0 spiro atoms. The van der Waals surface area contributed by atoms with Gasteiger partial charge >= 0.3 is 0 Å². The number of amides is 2. The van der Waals surface area contributed by atoms with Crippen molar-refractivity contribution in [3.05, 3.63) is 65.5 Å². The number of benzene rings is 2. The minimum Gasteiger partial charge on any atom is -0.394 e. The number of nitrogens with one attached hydrogen (secondary N) is 2. The van der Waals surface area contributed by atoms with Crippen molar-refractivity contribution in [3.63, 3.8) is 0 Å². The monoisotopic (exact) mass is 344 g/mol.